The molecule has 8 heteroatoms. The minimum atomic E-state index is -0.585. The van der Waals surface area contributed by atoms with Crippen LogP contribution in [-0.4, -0.2) is 34.1 Å². The predicted octanol–water partition coefficient (Wildman–Crippen LogP) is 3.78. The fraction of sp³-hybridized carbons (Fsp3) is 0.391. The molecular weight excluding hydrogens is 394 g/mol. The lowest BCUT2D eigenvalue weighted by Crippen LogP contribution is -2.29. The number of pyridine rings is 3. The van der Waals surface area contributed by atoms with E-state index in [0.717, 1.165) is 41.3 Å². The Morgan fingerprint density at radius 2 is 2.00 bits per heavy atom. The third-order valence-corrected chi connectivity index (χ3v) is 6.09. The first kappa shape index (κ1) is 19.7. The van der Waals surface area contributed by atoms with Gasteiger partial charge in [0, 0.05) is 23.9 Å². The van der Waals surface area contributed by atoms with Crippen LogP contribution in [0.2, 0.25) is 0 Å². The number of ether oxygens (including phenoxy) is 2. The van der Waals surface area contributed by atoms with E-state index < -0.39 is 5.54 Å². The lowest BCUT2D eigenvalue weighted by Gasteiger charge is -2.27. The molecule has 8 nitrogen and oxygen atoms in total. The van der Waals surface area contributed by atoms with E-state index in [4.69, 9.17) is 20.2 Å². The minimum absolute atomic E-state index is 0.0594. The normalized spacial score (nSPS) is 20.2. The highest BCUT2D eigenvalue weighted by molar-refractivity contribution is 5.93. The summed E-state index contributed by atoms with van der Waals surface area (Å²) < 4.78 is 11.0. The number of hydrogen-bond donors (Lipinski definition) is 2. The Kier molecular flexibility index (Phi) is 4.55. The van der Waals surface area contributed by atoms with Crippen LogP contribution in [0.3, 0.4) is 0 Å². The summed E-state index contributed by atoms with van der Waals surface area (Å²) >= 11 is 0. The van der Waals surface area contributed by atoms with Crippen molar-refractivity contribution in [3.63, 3.8) is 0 Å². The topological polar surface area (TPSA) is 112 Å². The minimum Gasteiger partial charge on any atom is -0.481 e. The van der Waals surface area contributed by atoms with Crippen LogP contribution in [0.5, 0.6) is 5.88 Å². The second-order valence-electron chi connectivity index (χ2n) is 8.75. The number of carbonyl (C=O) groups excluding carboxylic acids is 1. The fourth-order valence-electron chi connectivity index (χ4n) is 4.57. The summed E-state index contributed by atoms with van der Waals surface area (Å²) in [6.07, 6.45) is 6.33. The van der Waals surface area contributed by atoms with E-state index in [1.54, 1.807) is 31.6 Å². The van der Waals surface area contributed by atoms with E-state index in [9.17, 15) is 4.79 Å². The molecule has 1 aliphatic carbocycles. The molecule has 4 heterocycles. The maximum Gasteiger partial charge on any atom is 0.340 e. The molecule has 3 N–H and O–H groups in total. The molecule has 0 amide bonds. The van der Waals surface area contributed by atoms with Gasteiger partial charge in [-0.15, -0.1) is 0 Å². The van der Waals surface area contributed by atoms with Crippen molar-refractivity contribution < 1.29 is 14.3 Å². The highest BCUT2D eigenvalue weighted by atomic mass is 16.5. The molecular formula is C23H25N5O3. The summed E-state index contributed by atoms with van der Waals surface area (Å²) in [7, 11) is 1.58. The summed E-state index contributed by atoms with van der Waals surface area (Å²) in [5.74, 6) is 1.65. The van der Waals surface area contributed by atoms with Gasteiger partial charge in [0.15, 0.2) is 0 Å². The van der Waals surface area contributed by atoms with Crippen LogP contribution >= 0.6 is 0 Å². The Bertz CT molecular complexity index is 1190. The van der Waals surface area contributed by atoms with Crippen LogP contribution in [0, 0.1) is 0 Å². The number of methoxy groups -OCH3 is 1. The molecule has 0 radical (unpaired) electrons. The number of nitrogens with zero attached hydrogens (tertiary/aromatic N) is 3. The zero-order valence-electron chi connectivity index (χ0n) is 17.8. The number of carbonyl (C=O) groups is 1. The molecule has 0 saturated heterocycles. The second-order valence-corrected chi connectivity index (χ2v) is 8.75. The molecule has 0 bridgehead atoms. The fourth-order valence-corrected chi connectivity index (χ4v) is 4.57. The van der Waals surface area contributed by atoms with Crippen LogP contribution in [0.15, 0.2) is 30.6 Å². The lowest BCUT2D eigenvalue weighted by molar-refractivity contribution is 0.0222. The van der Waals surface area contributed by atoms with E-state index >= 15 is 0 Å². The third kappa shape index (κ3) is 3.37. The number of anilines is 2. The van der Waals surface area contributed by atoms with Gasteiger partial charge in [-0.2, -0.15) is 0 Å². The predicted molar refractivity (Wildman–Crippen MR) is 117 cm³/mol. The quantitative estimate of drug-likeness (QED) is 0.615. The zero-order valence-corrected chi connectivity index (χ0v) is 17.8. The van der Waals surface area contributed by atoms with E-state index in [1.807, 2.05) is 19.9 Å². The molecule has 3 aromatic heterocycles. The summed E-state index contributed by atoms with van der Waals surface area (Å²) in [5.41, 5.74) is 8.06. The number of fused-ring (bicyclic) bond motifs is 4. The number of nitrogens with one attached hydrogen (secondary N) is 1. The SMILES string of the molecule is COc1ncc(C(C)(C)N)c2cc(Nc3ccc4c(n3)[C@@H]3CCC[C@@H]3OC4=O)ncc12. The van der Waals surface area contributed by atoms with E-state index in [-0.39, 0.29) is 18.0 Å². The summed E-state index contributed by atoms with van der Waals surface area (Å²) in [4.78, 5) is 26.0. The average Bonchev–Trinajstić information content (AvgIpc) is 3.20. The Morgan fingerprint density at radius 1 is 1.16 bits per heavy atom. The first-order valence-corrected chi connectivity index (χ1v) is 10.5. The number of aromatic nitrogens is 3. The van der Waals surface area contributed by atoms with Gasteiger partial charge in [-0.3, -0.25) is 0 Å². The molecule has 160 valence electrons. The van der Waals surface area contributed by atoms with Crippen molar-refractivity contribution in [3.8, 4) is 5.88 Å². The Morgan fingerprint density at radius 3 is 2.77 bits per heavy atom. The molecule has 1 aliphatic heterocycles. The lowest BCUT2D eigenvalue weighted by atomic mass is 9.93. The van der Waals surface area contributed by atoms with Gasteiger partial charge in [-0.25, -0.2) is 19.7 Å². The highest BCUT2D eigenvalue weighted by Gasteiger charge is 2.40. The molecule has 2 aliphatic rings. The maximum absolute atomic E-state index is 12.3. The summed E-state index contributed by atoms with van der Waals surface area (Å²) in [6, 6.07) is 5.49. The molecule has 0 aromatic carbocycles. The van der Waals surface area contributed by atoms with Crippen molar-refractivity contribution >= 4 is 28.4 Å². The van der Waals surface area contributed by atoms with Gasteiger partial charge in [0.05, 0.1) is 23.8 Å². The van der Waals surface area contributed by atoms with Gasteiger partial charge in [0.2, 0.25) is 5.88 Å². The molecule has 5 rings (SSSR count). The van der Waals surface area contributed by atoms with Crippen molar-refractivity contribution in [2.75, 3.05) is 12.4 Å². The van der Waals surface area contributed by atoms with E-state index in [0.29, 0.717) is 23.1 Å². The van der Waals surface area contributed by atoms with Gasteiger partial charge in [-0.05, 0) is 62.3 Å². The Hall–Kier alpha value is -3.26. The highest BCUT2D eigenvalue weighted by Crippen LogP contribution is 2.41. The molecule has 2 atom stereocenters. The molecule has 1 fully saturated rings. The third-order valence-electron chi connectivity index (χ3n) is 6.09. The van der Waals surface area contributed by atoms with Gasteiger partial charge in [0.25, 0.3) is 0 Å². The molecule has 3 aromatic rings. The van der Waals surface area contributed by atoms with Crippen molar-refractivity contribution in [1.82, 2.24) is 15.0 Å². The molecule has 0 unspecified atom stereocenters. The molecule has 1 saturated carbocycles. The number of hydrogen-bond acceptors (Lipinski definition) is 8. The van der Waals surface area contributed by atoms with Gasteiger partial charge >= 0.3 is 5.97 Å². The van der Waals surface area contributed by atoms with Crippen molar-refractivity contribution in [3.05, 3.63) is 47.4 Å². The molecule has 0 spiro atoms. The van der Waals surface area contributed by atoms with Crippen LogP contribution in [0.1, 0.15) is 60.6 Å². The van der Waals surface area contributed by atoms with Crippen LogP contribution in [-0.2, 0) is 10.3 Å². The number of nitrogens with two attached hydrogens (primary N) is 1. The van der Waals surface area contributed by atoms with Gasteiger partial charge in [-0.1, -0.05) is 0 Å². The van der Waals surface area contributed by atoms with Crippen molar-refractivity contribution in [2.24, 2.45) is 5.73 Å². The standard InChI is InChI=1S/C23H25N5O3/c1-23(2,24)16-11-26-21(30-3)15-10-25-19(9-14(15)16)27-18-8-7-13-20(28-18)12-5-4-6-17(12)31-22(13)29/h7-12,17H,4-6,24H2,1-3H3,(H,25,27,28)/t12-,17+/m1/s1. The summed E-state index contributed by atoms with van der Waals surface area (Å²) in [6.45, 7) is 3.87. The van der Waals surface area contributed by atoms with Crippen molar-refractivity contribution in [2.45, 2.75) is 50.7 Å². The zero-order chi connectivity index (χ0) is 21.8. The van der Waals surface area contributed by atoms with Gasteiger partial charge in [0.1, 0.15) is 17.7 Å². The Balaban J connectivity index is 1.54. The van der Waals surface area contributed by atoms with Crippen LogP contribution in [0.4, 0.5) is 11.6 Å². The van der Waals surface area contributed by atoms with Crippen LogP contribution in [0.25, 0.3) is 10.8 Å². The number of esters is 1. The maximum atomic E-state index is 12.3. The monoisotopic (exact) mass is 419 g/mol. The van der Waals surface area contributed by atoms with E-state index in [1.165, 1.54) is 0 Å². The second kappa shape index (κ2) is 7.16. The first-order valence-electron chi connectivity index (χ1n) is 10.5. The Labute approximate surface area is 180 Å². The number of rotatable bonds is 4. The van der Waals surface area contributed by atoms with Crippen molar-refractivity contribution in [1.29, 1.82) is 0 Å². The first-order chi connectivity index (χ1) is 14.8. The molecule has 31 heavy (non-hydrogen) atoms. The van der Waals surface area contributed by atoms with Gasteiger partial charge < -0.3 is 20.5 Å². The van der Waals surface area contributed by atoms with E-state index in [2.05, 4.69) is 15.3 Å². The van der Waals surface area contributed by atoms with Crippen LogP contribution < -0.4 is 15.8 Å². The summed E-state index contributed by atoms with van der Waals surface area (Å²) in [5, 5.41) is 4.98. The largest absolute Gasteiger partial charge is 0.481 e. The average molecular weight is 419 g/mol. The smallest absolute Gasteiger partial charge is 0.340 e.